The Balaban J connectivity index is 1.58. The smallest absolute Gasteiger partial charge is 0.313 e. The number of fused-ring (bicyclic) bond motifs is 2. The summed E-state index contributed by atoms with van der Waals surface area (Å²) in [5.41, 5.74) is -1.39. The van der Waals surface area contributed by atoms with Crippen molar-refractivity contribution in [3.8, 4) is 0 Å². The zero-order valence-corrected chi connectivity index (χ0v) is 20.0. The van der Waals surface area contributed by atoms with Gasteiger partial charge < -0.3 is 24.4 Å². The second kappa shape index (κ2) is 9.24. The minimum Gasteiger partial charge on any atom is -0.465 e. The van der Waals surface area contributed by atoms with Gasteiger partial charge in [-0.05, 0) is 31.7 Å². The zero-order chi connectivity index (χ0) is 24.6. The molecule has 186 valence electrons. The topological polar surface area (TPSA) is 96.4 Å². The van der Waals surface area contributed by atoms with Crippen molar-refractivity contribution < 1.29 is 29.0 Å². The Hall–Kier alpha value is -2.97. The lowest BCUT2D eigenvalue weighted by Gasteiger charge is -2.37. The standard InChI is InChI=1S/C27H32N2O6/c1-26-12-6-3-7-17-34-25(33)21(26)20-23(31)29(15-9-16-30)22-24(32)28(14-8-13-27(20,22)35-26)18-19-10-4-2-5-11-19/h2,4-6,8,10-13,20-22,30H,3,7,9,14-18H2,1H3/b12-6-/t20-,21+,22?,26-,27-/m0/s1. The Labute approximate surface area is 205 Å². The lowest BCUT2D eigenvalue weighted by Crippen LogP contribution is -2.55. The van der Waals surface area contributed by atoms with E-state index in [4.69, 9.17) is 9.47 Å². The molecule has 0 saturated carbocycles. The highest BCUT2D eigenvalue weighted by atomic mass is 16.6. The number of allylic oxidation sites excluding steroid dienone is 1. The van der Waals surface area contributed by atoms with Crippen LogP contribution in [0.2, 0.25) is 0 Å². The SMILES string of the molecule is C[C@]12/C=C\CCCOC(=O)[C@H]1[C@H]1C(=O)N(CCCO)C3C(=O)N(Cc4ccccc4)CC=C[C@@]31O2. The molecule has 0 aliphatic carbocycles. The number of rotatable bonds is 5. The van der Waals surface area contributed by atoms with Crippen LogP contribution < -0.4 is 0 Å². The predicted molar refractivity (Wildman–Crippen MR) is 127 cm³/mol. The van der Waals surface area contributed by atoms with Gasteiger partial charge in [0, 0.05) is 26.2 Å². The summed E-state index contributed by atoms with van der Waals surface area (Å²) in [5, 5.41) is 9.49. The van der Waals surface area contributed by atoms with Gasteiger partial charge in [-0.15, -0.1) is 0 Å². The van der Waals surface area contributed by atoms with Crippen molar-refractivity contribution in [2.45, 2.75) is 50.0 Å². The Bertz CT molecular complexity index is 1060. The van der Waals surface area contributed by atoms with E-state index in [0.717, 1.165) is 12.0 Å². The van der Waals surface area contributed by atoms with Gasteiger partial charge in [0.25, 0.3) is 0 Å². The van der Waals surface area contributed by atoms with Crippen LogP contribution in [0, 0.1) is 11.8 Å². The van der Waals surface area contributed by atoms with Gasteiger partial charge in [0.2, 0.25) is 11.8 Å². The van der Waals surface area contributed by atoms with E-state index in [1.54, 1.807) is 11.8 Å². The fourth-order valence-corrected chi connectivity index (χ4v) is 6.11. The number of aliphatic hydroxyl groups is 1. The predicted octanol–water partition coefficient (Wildman–Crippen LogP) is 1.83. The molecule has 5 rings (SSSR count). The Morgan fingerprint density at radius 2 is 1.86 bits per heavy atom. The molecule has 1 aromatic rings. The highest BCUT2D eigenvalue weighted by Gasteiger charge is 2.74. The average Bonchev–Trinajstić information content (AvgIpc) is 3.19. The van der Waals surface area contributed by atoms with Gasteiger partial charge in [0.1, 0.15) is 17.6 Å². The van der Waals surface area contributed by atoms with Crippen LogP contribution >= 0.6 is 0 Å². The number of aliphatic hydroxyl groups excluding tert-OH is 1. The number of nitrogens with zero attached hydrogens (tertiary/aromatic N) is 2. The molecule has 0 radical (unpaired) electrons. The molecule has 0 bridgehead atoms. The molecule has 1 unspecified atom stereocenters. The van der Waals surface area contributed by atoms with Crippen LogP contribution in [0.25, 0.3) is 0 Å². The van der Waals surface area contributed by atoms with Gasteiger partial charge in [0.05, 0.1) is 18.1 Å². The van der Waals surface area contributed by atoms with Crippen molar-refractivity contribution in [3.63, 3.8) is 0 Å². The molecule has 35 heavy (non-hydrogen) atoms. The number of cyclic esters (lactones) is 1. The molecule has 2 amide bonds. The van der Waals surface area contributed by atoms with E-state index in [1.165, 1.54) is 4.90 Å². The summed E-state index contributed by atoms with van der Waals surface area (Å²) in [5.74, 6) is -2.75. The summed E-state index contributed by atoms with van der Waals surface area (Å²) in [6.07, 6.45) is 9.30. The monoisotopic (exact) mass is 480 g/mol. The van der Waals surface area contributed by atoms with E-state index in [2.05, 4.69) is 0 Å². The maximum Gasteiger partial charge on any atom is 0.313 e. The molecule has 2 saturated heterocycles. The van der Waals surface area contributed by atoms with E-state index in [0.29, 0.717) is 25.9 Å². The maximum absolute atomic E-state index is 14.1. The van der Waals surface area contributed by atoms with Gasteiger partial charge in [-0.25, -0.2) is 0 Å². The van der Waals surface area contributed by atoms with E-state index in [9.17, 15) is 19.5 Å². The van der Waals surface area contributed by atoms with E-state index >= 15 is 0 Å². The first-order chi connectivity index (χ1) is 16.9. The molecule has 1 aromatic carbocycles. The molecule has 2 fully saturated rings. The number of carbonyl (C=O) groups excluding carboxylic acids is 3. The lowest BCUT2D eigenvalue weighted by molar-refractivity contribution is -0.159. The minimum atomic E-state index is -1.29. The third kappa shape index (κ3) is 3.89. The van der Waals surface area contributed by atoms with Crippen molar-refractivity contribution in [1.82, 2.24) is 9.80 Å². The molecule has 1 spiro atoms. The second-order valence-electron chi connectivity index (χ2n) is 9.92. The second-order valence-corrected chi connectivity index (χ2v) is 9.92. The molecule has 8 heteroatoms. The van der Waals surface area contributed by atoms with Gasteiger partial charge >= 0.3 is 5.97 Å². The van der Waals surface area contributed by atoms with Crippen molar-refractivity contribution in [2.75, 3.05) is 26.3 Å². The number of esters is 1. The molecule has 4 heterocycles. The summed E-state index contributed by atoms with van der Waals surface area (Å²) in [6.45, 7) is 2.94. The molecule has 5 atom stereocenters. The van der Waals surface area contributed by atoms with Crippen LogP contribution in [0.4, 0.5) is 0 Å². The van der Waals surface area contributed by atoms with Crippen LogP contribution in [0.15, 0.2) is 54.6 Å². The molecular weight excluding hydrogens is 448 g/mol. The van der Waals surface area contributed by atoms with E-state index < -0.39 is 35.0 Å². The van der Waals surface area contributed by atoms with Gasteiger partial charge in [-0.1, -0.05) is 54.6 Å². The number of amides is 2. The van der Waals surface area contributed by atoms with Crippen LogP contribution in [0.3, 0.4) is 0 Å². The summed E-state index contributed by atoms with van der Waals surface area (Å²) in [6, 6.07) is 8.77. The lowest BCUT2D eigenvalue weighted by atomic mass is 9.74. The molecule has 8 nitrogen and oxygen atoms in total. The largest absolute Gasteiger partial charge is 0.465 e. The fourth-order valence-electron chi connectivity index (χ4n) is 6.11. The summed E-state index contributed by atoms with van der Waals surface area (Å²) >= 11 is 0. The molecular formula is C27H32N2O6. The van der Waals surface area contributed by atoms with Crippen LogP contribution in [-0.4, -0.2) is 76.2 Å². The van der Waals surface area contributed by atoms with Crippen molar-refractivity contribution in [1.29, 1.82) is 0 Å². The van der Waals surface area contributed by atoms with E-state index in [-0.39, 0.29) is 31.6 Å². The van der Waals surface area contributed by atoms with Crippen molar-refractivity contribution in [2.24, 2.45) is 11.8 Å². The highest BCUT2D eigenvalue weighted by Crippen LogP contribution is 2.57. The molecule has 4 aliphatic heterocycles. The summed E-state index contributed by atoms with van der Waals surface area (Å²) in [4.78, 5) is 44.5. The van der Waals surface area contributed by atoms with Gasteiger partial charge in [-0.3, -0.25) is 14.4 Å². The Morgan fingerprint density at radius 3 is 2.63 bits per heavy atom. The Morgan fingerprint density at radius 1 is 1.06 bits per heavy atom. The fraction of sp³-hybridized carbons (Fsp3) is 0.519. The van der Waals surface area contributed by atoms with Crippen LogP contribution in [-0.2, 0) is 30.4 Å². The number of hydrogen-bond donors (Lipinski definition) is 1. The Kier molecular flexibility index (Phi) is 6.27. The number of benzene rings is 1. The maximum atomic E-state index is 14.1. The third-order valence-corrected chi connectivity index (χ3v) is 7.61. The first-order valence-corrected chi connectivity index (χ1v) is 12.4. The van der Waals surface area contributed by atoms with Crippen LogP contribution in [0.5, 0.6) is 0 Å². The molecule has 1 N–H and O–H groups in total. The quantitative estimate of drug-likeness (QED) is 0.510. The number of ether oxygens (including phenoxy) is 2. The first-order valence-electron chi connectivity index (χ1n) is 12.4. The van der Waals surface area contributed by atoms with Crippen molar-refractivity contribution >= 4 is 17.8 Å². The zero-order valence-electron chi connectivity index (χ0n) is 20.0. The third-order valence-electron chi connectivity index (χ3n) is 7.61. The normalized spacial score (nSPS) is 35.4. The number of carbonyl (C=O) groups is 3. The molecule has 4 aliphatic rings. The highest BCUT2D eigenvalue weighted by molar-refractivity contribution is 5.99. The summed E-state index contributed by atoms with van der Waals surface area (Å²) in [7, 11) is 0. The number of likely N-dealkylation sites (tertiary alicyclic amines) is 1. The van der Waals surface area contributed by atoms with E-state index in [1.807, 2.05) is 54.6 Å². The minimum absolute atomic E-state index is 0.112. The first kappa shape index (κ1) is 23.8. The summed E-state index contributed by atoms with van der Waals surface area (Å²) < 4.78 is 12.3. The number of hydrogen-bond acceptors (Lipinski definition) is 6. The average molecular weight is 481 g/mol. The van der Waals surface area contributed by atoms with Crippen molar-refractivity contribution in [3.05, 3.63) is 60.2 Å². The van der Waals surface area contributed by atoms with Crippen LogP contribution in [0.1, 0.15) is 31.7 Å². The van der Waals surface area contributed by atoms with Gasteiger partial charge in [0.15, 0.2) is 0 Å². The molecule has 0 aromatic heterocycles. The van der Waals surface area contributed by atoms with Gasteiger partial charge in [-0.2, -0.15) is 0 Å².